The van der Waals surface area contributed by atoms with Crippen LogP contribution >= 0.6 is 0 Å². The molecule has 7 nitrogen and oxygen atoms in total. The SMILES string of the molecule is CCN(CC)C(=O)Oc1ccc2c(ccn2Cc2cccc(C)c2)c1NC(=O)COC. The van der Waals surface area contributed by atoms with Crippen LogP contribution in [0, 0.1) is 6.92 Å². The van der Waals surface area contributed by atoms with Crippen LogP contribution < -0.4 is 10.1 Å². The summed E-state index contributed by atoms with van der Waals surface area (Å²) in [7, 11) is 1.46. The Morgan fingerprint density at radius 2 is 1.87 bits per heavy atom. The fourth-order valence-electron chi connectivity index (χ4n) is 3.56. The Kier molecular flexibility index (Phi) is 7.31. The van der Waals surface area contributed by atoms with E-state index in [9.17, 15) is 9.59 Å². The van der Waals surface area contributed by atoms with Crippen LogP contribution in [0.2, 0.25) is 0 Å². The molecule has 1 aromatic heterocycles. The summed E-state index contributed by atoms with van der Waals surface area (Å²) < 4.78 is 12.7. The van der Waals surface area contributed by atoms with Crippen LogP contribution in [0.3, 0.4) is 0 Å². The highest BCUT2D eigenvalue weighted by Crippen LogP contribution is 2.35. The van der Waals surface area contributed by atoms with Gasteiger partial charge < -0.3 is 24.3 Å². The van der Waals surface area contributed by atoms with E-state index in [2.05, 4.69) is 35.0 Å². The fourth-order valence-corrected chi connectivity index (χ4v) is 3.56. The fraction of sp³-hybridized carbons (Fsp3) is 0.333. The van der Waals surface area contributed by atoms with Gasteiger partial charge in [0.1, 0.15) is 6.61 Å². The number of amides is 2. The molecule has 0 bridgehead atoms. The molecule has 0 saturated carbocycles. The number of carbonyl (C=O) groups excluding carboxylic acids is 2. The third-order valence-corrected chi connectivity index (χ3v) is 5.11. The van der Waals surface area contributed by atoms with Crippen molar-refractivity contribution < 1.29 is 19.1 Å². The lowest BCUT2D eigenvalue weighted by Gasteiger charge is -2.20. The first kappa shape index (κ1) is 22.4. The van der Waals surface area contributed by atoms with Crippen molar-refractivity contribution in [1.82, 2.24) is 9.47 Å². The van der Waals surface area contributed by atoms with E-state index in [1.54, 1.807) is 11.0 Å². The van der Waals surface area contributed by atoms with Gasteiger partial charge in [-0.15, -0.1) is 0 Å². The zero-order valence-electron chi connectivity index (χ0n) is 18.5. The lowest BCUT2D eigenvalue weighted by molar-refractivity contribution is -0.119. The summed E-state index contributed by atoms with van der Waals surface area (Å²) in [5.41, 5.74) is 3.77. The van der Waals surface area contributed by atoms with Gasteiger partial charge in [0.25, 0.3) is 0 Å². The minimum absolute atomic E-state index is 0.0934. The molecule has 1 heterocycles. The van der Waals surface area contributed by atoms with E-state index in [0.29, 0.717) is 31.1 Å². The second-order valence-corrected chi connectivity index (χ2v) is 7.33. The predicted molar refractivity (Wildman–Crippen MR) is 122 cm³/mol. The molecule has 0 atom stereocenters. The first-order chi connectivity index (χ1) is 15.0. The summed E-state index contributed by atoms with van der Waals surface area (Å²) in [6.07, 6.45) is 1.51. The Balaban J connectivity index is 1.99. The van der Waals surface area contributed by atoms with Crippen LogP contribution in [0.4, 0.5) is 10.5 Å². The van der Waals surface area contributed by atoms with E-state index in [-0.39, 0.29) is 12.5 Å². The van der Waals surface area contributed by atoms with Crippen molar-refractivity contribution in [3.63, 3.8) is 0 Å². The van der Waals surface area contributed by atoms with Crippen LogP contribution in [0.1, 0.15) is 25.0 Å². The Morgan fingerprint density at radius 1 is 1.10 bits per heavy atom. The summed E-state index contributed by atoms with van der Waals surface area (Å²) in [6, 6.07) is 13.9. The molecule has 164 valence electrons. The summed E-state index contributed by atoms with van der Waals surface area (Å²) in [5, 5.41) is 3.64. The minimum atomic E-state index is -0.453. The molecule has 1 N–H and O–H groups in total. The second kappa shape index (κ2) is 10.1. The number of fused-ring (bicyclic) bond motifs is 1. The van der Waals surface area contributed by atoms with E-state index in [1.165, 1.54) is 18.2 Å². The van der Waals surface area contributed by atoms with Gasteiger partial charge in [0, 0.05) is 38.3 Å². The summed E-state index contributed by atoms with van der Waals surface area (Å²) in [4.78, 5) is 26.4. The van der Waals surface area contributed by atoms with Gasteiger partial charge in [-0.25, -0.2) is 4.79 Å². The van der Waals surface area contributed by atoms with Gasteiger partial charge in [-0.3, -0.25) is 4.79 Å². The second-order valence-electron chi connectivity index (χ2n) is 7.33. The molecule has 0 aliphatic rings. The largest absolute Gasteiger partial charge is 0.415 e. The molecular formula is C24H29N3O4. The van der Waals surface area contributed by atoms with Gasteiger partial charge in [-0.05, 0) is 44.5 Å². The van der Waals surface area contributed by atoms with Crippen molar-refractivity contribution in [2.45, 2.75) is 27.3 Å². The predicted octanol–water partition coefficient (Wildman–Crippen LogP) is 4.42. The molecule has 0 aliphatic heterocycles. The van der Waals surface area contributed by atoms with Crippen molar-refractivity contribution >= 4 is 28.6 Å². The van der Waals surface area contributed by atoms with E-state index in [0.717, 1.165) is 10.9 Å². The molecule has 0 aliphatic carbocycles. The number of anilines is 1. The molecule has 2 aromatic carbocycles. The van der Waals surface area contributed by atoms with Gasteiger partial charge in [-0.2, -0.15) is 0 Å². The number of aryl methyl sites for hydroxylation is 1. The van der Waals surface area contributed by atoms with E-state index in [4.69, 9.17) is 9.47 Å². The van der Waals surface area contributed by atoms with Crippen LogP contribution in [-0.2, 0) is 16.1 Å². The molecule has 7 heteroatoms. The molecule has 0 radical (unpaired) electrons. The lowest BCUT2D eigenvalue weighted by Crippen LogP contribution is -2.33. The first-order valence-corrected chi connectivity index (χ1v) is 10.4. The van der Waals surface area contributed by atoms with Gasteiger partial charge in [-0.1, -0.05) is 29.8 Å². The molecule has 2 amide bonds. The third kappa shape index (κ3) is 5.24. The molecule has 3 rings (SSSR count). The zero-order valence-corrected chi connectivity index (χ0v) is 18.5. The molecular weight excluding hydrogens is 394 g/mol. The van der Waals surface area contributed by atoms with E-state index < -0.39 is 6.09 Å². The monoisotopic (exact) mass is 423 g/mol. The summed E-state index contributed by atoms with van der Waals surface area (Å²) in [6.45, 7) is 7.52. The number of hydrogen-bond donors (Lipinski definition) is 1. The molecule has 3 aromatic rings. The number of nitrogens with one attached hydrogen (secondary N) is 1. The van der Waals surface area contributed by atoms with Crippen LogP contribution in [0.25, 0.3) is 10.9 Å². The average Bonchev–Trinajstić information content (AvgIpc) is 3.14. The number of hydrogen-bond acceptors (Lipinski definition) is 4. The average molecular weight is 424 g/mol. The van der Waals surface area contributed by atoms with Crippen molar-refractivity contribution in [1.29, 1.82) is 0 Å². The third-order valence-electron chi connectivity index (χ3n) is 5.11. The Morgan fingerprint density at radius 3 is 2.55 bits per heavy atom. The smallest absolute Gasteiger partial charge is 0.408 e. The Labute approximate surface area is 182 Å². The Bertz CT molecular complexity index is 1070. The standard InChI is InChI=1S/C24H29N3O4/c1-5-26(6-2)24(29)31-21-11-10-20-19(23(21)25-22(28)16-30-4)12-13-27(20)15-18-9-7-8-17(3)14-18/h7-14H,5-6,15-16H2,1-4H3,(H,25,28). The number of ether oxygens (including phenoxy) is 2. The highest BCUT2D eigenvalue weighted by atomic mass is 16.6. The number of aromatic nitrogens is 1. The van der Waals surface area contributed by atoms with Crippen LogP contribution in [0.5, 0.6) is 5.75 Å². The van der Waals surface area contributed by atoms with Gasteiger partial charge in [0.05, 0.1) is 11.2 Å². The Hall–Kier alpha value is -3.32. The van der Waals surface area contributed by atoms with Crippen molar-refractivity contribution in [2.75, 3.05) is 32.1 Å². The number of methoxy groups -OCH3 is 1. The van der Waals surface area contributed by atoms with Gasteiger partial charge in [0.2, 0.25) is 5.91 Å². The molecule has 0 unspecified atom stereocenters. The van der Waals surface area contributed by atoms with E-state index >= 15 is 0 Å². The minimum Gasteiger partial charge on any atom is -0.408 e. The highest BCUT2D eigenvalue weighted by Gasteiger charge is 2.19. The van der Waals surface area contributed by atoms with Gasteiger partial charge in [0.15, 0.2) is 5.75 Å². The number of carbonyl (C=O) groups is 2. The maximum atomic E-state index is 12.5. The van der Waals surface area contributed by atoms with Crippen molar-refractivity contribution in [3.8, 4) is 5.75 Å². The molecule has 0 fully saturated rings. The van der Waals surface area contributed by atoms with E-state index in [1.807, 2.05) is 38.2 Å². The van der Waals surface area contributed by atoms with Gasteiger partial charge >= 0.3 is 6.09 Å². The highest BCUT2D eigenvalue weighted by molar-refractivity contribution is 6.05. The first-order valence-electron chi connectivity index (χ1n) is 10.4. The van der Waals surface area contributed by atoms with Crippen LogP contribution in [0.15, 0.2) is 48.7 Å². The normalized spacial score (nSPS) is 10.8. The number of benzene rings is 2. The summed E-state index contributed by atoms with van der Waals surface area (Å²) in [5.74, 6) is -0.0104. The molecule has 31 heavy (non-hydrogen) atoms. The quantitative estimate of drug-likeness (QED) is 0.582. The zero-order chi connectivity index (χ0) is 22.4. The summed E-state index contributed by atoms with van der Waals surface area (Å²) >= 11 is 0. The number of rotatable bonds is 8. The maximum Gasteiger partial charge on any atom is 0.415 e. The van der Waals surface area contributed by atoms with Crippen molar-refractivity contribution in [3.05, 3.63) is 59.8 Å². The number of nitrogens with zero attached hydrogens (tertiary/aromatic N) is 2. The maximum absolute atomic E-state index is 12.5. The topological polar surface area (TPSA) is 72.8 Å². The van der Waals surface area contributed by atoms with Crippen LogP contribution in [-0.4, -0.2) is 48.3 Å². The van der Waals surface area contributed by atoms with Crippen molar-refractivity contribution in [2.24, 2.45) is 0 Å². The lowest BCUT2D eigenvalue weighted by atomic mass is 10.1. The molecule has 0 spiro atoms. The molecule has 0 saturated heterocycles.